The van der Waals surface area contributed by atoms with E-state index in [0.717, 1.165) is 36.7 Å². The van der Waals surface area contributed by atoms with E-state index in [2.05, 4.69) is 15.6 Å². The zero-order valence-electron chi connectivity index (χ0n) is 16.5. The van der Waals surface area contributed by atoms with Crippen LogP contribution in [0.15, 0.2) is 64.5 Å². The number of benzene rings is 2. The maximum atomic E-state index is 11.3. The lowest BCUT2D eigenvalue weighted by Crippen LogP contribution is -2.38. The van der Waals surface area contributed by atoms with Gasteiger partial charge in [-0.15, -0.1) is 24.0 Å². The molecule has 7 nitrogen and oxygen atoms in total. The lowest BCUT2D eigenvalue weighted by Gasteiger charge is -2.11. The molecule has 0 unspecified atom stereocenters. The predicted molar refractivity (Wildman–Crippen MR) is 127 cm³/mol. The maximum absolute atomic E-state index is 11.3. The maximum Gasteiger partial charge on any atom is 0.238 e. The first kappa shape index (κ1) is 25.2. The Morgan fingerprint density at radius 1 is 1.07 bits per heavy atom. The molecule has 0 fully saturated rings. The van der Waals surface area contributed by atoms with Crippen LogP contribution < -0.4 is 20.5 Å². The average molecular weight is 532 g/mol. The normalized spacial score (nSPS) is 11.4. The van der Waals surface area contributed by atoms with E-state index in [1.807, 2.05) is 37.3 Å². The van der Waals surface area contributed by atoms with Gasteiger partial charge in [-0.05, 0) is 43.2 Å². The first-order chi connectivity index (χ1) is 13.5. The number of hydrogen-bond donors (Lipinski definition) is 3. The number of nitrogens with one attached hydrogen (secondary N) is 2. The summed E-state index contributed by atoms with van der Waals surface area (Å²) in [6.45, 7) is 4.74. The van der Waals surface area contributed by atoms with Crippen LogP contribution in [0.2, 0.25) is 0 Å². The molecular formula is C20H29IN4O3S. The molecule has 160 valence electrons. The van der Waals surface area contributed by atoms with Crippen LogP contribution in [0.4, 0.5) is 0 Å². The van der Waals surface area contributed by atoms with E-state index in [1.165, 1.54) is 12.1 Å². The highest BCUT2D eigenvalue weighted by atomic mass is 127. The van der Waals surface area contributed by atoms with Crippen LogP contribution in [0.1, 0.15) is 18.9 Å². The highest BCUT2D eigenvalue weighted by Gasteiger charge is 2.06. The number of para-hydroxylation sites is 1. The average Bonchev–Trinajstić information content (AvgIpc) is 2.68. The zero-order valence-corrected chi connectivity index (χ0v) is 19.7. The van der Waals surface area contributed by atoms with Gasteiger partial charge in [0.25, 0.3) is 0 Å². The van der Waals surface area contributed by atoms with Crippen molar-refractivity contribution in [2.75, 3.05) is 26.2 Å². The van der Waals surface area contributed by atoms with Crippen molar-refractivity contribution in [2.24, 2.45) is 10.1 Å². The fourth-order valence-corrected chi connectivity index (χ4v) is 2.99. The van der Waals surface area contributed by atoms with E-state index in [4.69, 9.17) is 9.88 Å². The second kappa shape index (κ2) is 13.4. The summed E-state index contributed by atoms with van der Waals surface area (Å²) in [5.41, 5.74) is 1.02. The quantitative estimate of drug-likeness (QED) is 0.189. The number of halogens is 1. The highest BCUT2D eigenvalue weighted by Crippen LogP contribution is 2.09. The molecule has 9 heteroatoms. The van der Waals surface area contributed by atoms with Crippen molar-refractivity contribution >= 4 is 40.0 Å². The number of primary sulfonamides is 1. The van der Waals surface area contributed by atoms with Crippen molar-refractivity contribution in [2.45, 2.75) is 24.7 Å². The topological polar surface area (TPSA) is 106 Å². The minimum atomic E-state index is -3.65. The molecule has 0 spiro atoms. The van der Waals surface area contributed by atoms with Crippen molar-refractivity contribution < 1.29 is 13.2 Å². The van der Waals surface area contributed by atoms with E-state index in [9.17, 15) is 8.42 Å². The highest BCUT2D eigenvalue weighted by molar-refractivity contribution is 14.0. The summed E-state index contributed by atoms with van der Waals surface area (Å²) >= 11 is 0. The van der Waals surface area contributed by atoms with Gasteiger partial charge in [0, 0.05) is 26.1 Å². The molecule has 0 aliphatic heterocycles. The SMILES string of the molecule is CCNC(=NCCCOc1ccccc1)NCCc1ccc(S(N)(=O)=O)cc1.I. The van der Waals surface area contributed by atoms with E-state index in [0.29, 0.717) is 19.7 Å². The van der Waals surface area contributed by atoms with Gasteiger partial charge >= 0.3 is 0 Å². The lowest BCUT2D eigenvalue weighted by atomic mass is 10.1. The van der Waals surface area contributed by atoms with Crippen LogP contribution in [0.5, 0.6) is 5.75 Å². The van der Waals surface area contributed by atoms with E-state index in [-0.39, 0.29) is 28.9 Å². The minimum absolute atomic E-state index is 0. The molecule has 0 aliphatic carbocycles. The second-order valence-electron chi connectivity index (χ2n) is 6.14. The number of rotatable bonds is 10. The summed E-state index contributed by atoms with van der Waals surface area (Å²) in [6.07, 6.45) is 1.56. The van der Waals surface area contributed by atoms with Crippen LogP contribution in [0.25, 0.3) is 0 Å². The number of nitrogens with two attached hydrogens (primary N) is 1. The molecule has 4 N–H and O–H groups in total. The molecule has 2 aromatic rings. The van der Waals surface area contributed by atoms with Crippen LogP contribution in [-0.4, -0.2) is 40.6 Å². The Balaban J connectivity index is 0.00000420. The number of nitrogens with zero attached hydrogens (tertiary/aromatic N) is 1. The molecule has 0 bridgehead atoms. The molecule has 0 amide bonds. The standard InChI is InChI=1S/C20H28N4O3S.HI/c1-2-22-20(23-14-6-16-27-18-7-4-3-5-8-18)24-15-13-17-9-11-19(12-10-17)28(21,25)26;/h3-5,7-12H,2,6,13-16H2,1H3,(H2,21,25,26)(H2,22,23,24);1H. The minimum Gasteiger partial charge on any atom is -0.494 e. The Kier molecular flexibility index (Phi) is 11.6. The van der Waals surface area contributed by atoms with Crippen molar-refractivity contribution in [1.29, 1.82) is 0 Å². The van der Waals surface area contributed by atoms with Gasteiger partial charge in [-0.2, -0.15) is 0 Å². The number of hydrogen-bond acceptors (Lipinski definition) is 4. The third-order valence-electron chi connectivity index (χ3n) is 3.89. The molecule has 29 heavy (non-hydrogen) atoms. The summed E-state index contributed by atoms with van der Waals surface area (Å²) in [5, 5.41) is 11.6. The number of aliphatic imine (C=N–C) groups is 1. The molecule has 0 radical (unpaired) electrons. The van der Waals surface area contributed by atoms with Gasteiger partial charge in [-0.25, -0.2) is 13.6 Å². The van der Waals surface area contributed by atoms with Gasteiger partial charge in [0.05, 0.1) is 11.5 Å². The van der Waals surface area contributed by atoms with Crippen LogP contribution in [0, 0.1) is 0 Å². The third-order valence-corrected chi connectivity index (χ3v) is 4.82. The van der Waals surface area contributed by atoms with Gasteiger partial charge in [-0.1, -0.05) is 30.3 Å². The van der Waals surface area contributed by atoms with Crippen molar-refractivity contribution in [1.82, 2.24) is 10.6 Å². The molecule has 0 atom stereocenters. The lowest BCUT2D eigenvalue weighted by molar-refractivity contribution is 0.313. The summed E-state index contributed by atoms with van der Waals surface area (Å²) in [7, 11) is -3.65. The fourth-order valence-electron chi connectivity index (χ4n) is 2.47. The van der Waals surface area contributed by atoms with Crippen molar-refractivity contribution in [3.63, 3.8) is 0 Å². The van der Waals surface area contributed by atoms with E-state index >= 15 is 0 Å². The Bertz CT molecular complexity index is 844. The summed E-state index contributed by atoms with van der Waals surface area (Å²) in [6, 6.07) is 16.3. The van der Waals surface area contributed by atoms with Crippen LogP contribution in [0.3, 0.4) is 0 Å². The molecule has 0 saturated carbocycles. The summed E-state index contributed by atoms with van der Waals surface area (Å²) in [5.74, 6) is 1.62. The molecule has 0 saturated heterocycles. The Hall–Kier alpha value is -1.85. The van der Waals surface area contributed by atoms with E-state index < -0.39 is 10.0 Å². The third kappa shape index (κ3) is 9.95. The van der Waals surface area contributed by atoms with Gasteiger partial charge in [-0.3, -0.25) is 4.99 Å². The Morgan fingerprint density at radius 3 is 2.38 bits per heavy atom. The molecule has 2 rings (SSSR count). The first-order valence-corrected chi connectivity index (χ1v) is 10.9. The zero-order chi connectivity index (χ0) is 20.2. The predicted octanol–water partition coefficient (Wildman–Crippen LogP) is 2.52. The Morgan fingerprint density at radius 2 is 1.76 bits per heavy atom. The molecule has 0 aromatic heterocycles. The van der Waals surface area contributed by atoms with Gasteiger partial charge in [0.2, 0.25) is 10.0 Å². The van der Waals surface area contributed by atoms with Crippen molar-refractivity contribution in [3.8, 4) is 5.75 Å². The number of sulfonamides is 1. The van der Waals surface area contributed by atoms with Gasteiger partial charge in [0.1, 0.15) is 5.75 Å². The monoisotopic (exact) mass is 532 g/mol. The second-order valence-corrected chi connectivity index (χ2v) is 7.70. The molecule has 0 aliphatic rings. The van der Waals surface area contributed by atoms with Crippen molar-refractivity contribution in [3.05, 3.63) is 60.2 Å². The van der Waals surface area contributed by atoms with Crippen LogP contribution in [-0.2, 0) is 16.4 Å². The van der Waals surface area contributed by atoms with Crippen LogP contribution >= 0.6 is 24.0 Å². The number of guanidine groups is 1. The van der Waals surface area contributed by atoms with E-state index in [1.54, 1.807) is 12.1 Å². The fraction of sp³-hybridized carbons (Fsp3) is 0.350. The summed E-state index contributed by atoms with van der Waals surface area (Å²) in [4.78, 5) is 4.66. The molecule has 2 aromatic carbocycles. The smallest absolute Gasteiger partial charge is 0.238 e. The van der Waals surface area contributed by atoms with Gasteiger partial charge in [0.15, 0.2) is 5.96 Å². The Labute approximate surface area is 190 Å². The molecular weight excluding hydrogens is 503 g/mol. The summed E-state index contributed by atoms with van der Waals surface area (Å²) < 4.78 is 28.2. The first-order valence-electron chi connectivity index (χ1n) is 9.31. The van der Waals surface area contributed by atoms with Gasteiger partial charge < -0.3 is 15.4 Å². The largest absolute Gasteiger partial charge is 0.494 e. The number of ether oxygens (including phenoxy) is 1. The molecule has 0 heterocycles.